The largest absolute Gasteiger partial charge is 0.394 e. The number of ether oxygens (including phenoxy) is 1. The van der Waals surface area contributed by atoms with Crippen LogP contribution in [0.5, 0.6) is 0 Å². The van der Waals surface area contributed by atoms with Crippen molar-refractivity contribution in [2.75, 3.05) is 6.61 Å². The Balaban J connectivity index is 3.58. The van der Waals surface area contributed by atoms with Gasteiger partial charge in [-0.1, -0.05) is 0 Å². The molecule has 0 saturated carbocycles. The monoisotopic (exact) mass is 162 g/mol. The molecular formula is C8H18O3. The van der Waals surface area contributed by atoms with Gasteiger partial charge in [-0.25, -0.2) is 0 Å². The van der Waals surface area contributed by atoms with Gasteiger partial charge in [0.2, 0.25) is 0 Å². The Bertz CT molecular complexity index is 81.3. The number of rotatable bonds is 5. The minimum atomic E-state index is -0.411. The van der Waals surface area contributed by atoms with Gasteiger partial charge in [0.05, 0.1) is 24.9 Å². The molecule has 2 atom stereocenters. The van der Waals surface area contributed by atoms with Crippen molar-refractivity contribution < 1.29 is 14.9 Å². The van der Waals surface area contributed by atoms with Crippen LogP contribution < -0.4 is 0 Å². The molecule has 3 heteroatoms. The summed E-state index contributed by atoms with van der Waals surface area (Å²) in [5.41, 5.74) is 0. The highest BCUT2D eigenvalue weighted by Crippen LogP contribution is 2.04. The van der Waals surface area contributed by atoms with E-state index in [9.17, 15) is 0 Å². The topological polar surface area (TPSA) is 49.7 Å². The van der Waals surface area contributed by atoms with Crippen molar-refractivity contribution in [1.82, 2.24) is 0 Å². The van der Waals surface area contributed by atoms with Gasteiger partial charge in [0.25, 0.3) is 0 Å². The highest BCUT2D eigenvalue weighted by atomic mass is 16.5. The summed E-state index contributed by atoms with van der Waals surface area (Å²) in [6.45, 7) is 5.48. The Morgan fingerprint density at radius 3 is 2.09 bits per heavy atom. The van der Waals surface area contributed by atoms with Gasteiger partial charge < -0.3 is 14.9 Å². The first-order chi connectivity index (χ1) is 5.06. The minimum absolute atomic E-state index is 0.0247. The minimum Gasteiger partial charge on any atom is -0.394 e. The van der Waals surface area contributed by atoms with Crippen molar-refractivity contribution in [3.8, 4) is 0 Å². The van der Waals surface area contributed by atoms with Crippen LogP contribution in [0.4, 0.5) is 0 Å². The third kappa shape index (κ3) is 6.28. The van der Waals surface area contributed by atoms with E-state index < -0.39 is 6.10 Å². The van der Waals surface area contributed by atoms with Crippen LogP contribution in [0.3, 0.4) is 0 Å². The Hall–Kier alpha value is -0.120. The molecule has 0 saturated heterocycles. The molecule has 3 nitrogen and oxygen atoms in total. The molecule has 2 unspecified atom stereocenters. The molecule has 0 spiro atoms. The fourth-order valence-electron chi connectivity index (χ4n) is 0.938. The summed E-state index contributed by atoms with van der Waals surface area (Å²) in [7, 11) is 0. The number of hydrogen-bond donors (Lipinski definition) is 2. The molecule has 0 aromatic carbocycles. The summed E-state index contributed by atoms with van der Waals surface area (Å²) in [6, 6.07) is 0. The lowest BCUT2D eigenvalue weighted by Gasteiger charge is -2.19. The molecule has 0 bridgehead atoms. The maximum Gasteiger partial charge on any atom is 0.0833 e. The first-order valence-electron chi connectivity index (χ1n) is 4.00. The van der Waals surface area contributed by atoms with Crippen LogP contribution in [0.1, 0.15) is 27.2 Å². The van der Waals surface area contributed by atoms with E-state index in [-0.39, 0.29) is 18.8 Å². The average Bonchev–Trinajstić information content (AvgIpc) is 1.84. The third-order valence-corrected chi connectivity index (χ3v) is 1.27. The van der Waals surface area contributed by atoms with E-state index in [1.807, 2.05) is 13.8 Å². The molecule has 0 fully saturated rings. The molecule has 2 N–H and O–H groups in total. The highest BCUT2D eigenvalue weighted by Gasteiger charge is 2.12. The first kappa shape index (κ1) is 10.9. The quantitative estimate of drug-likeness (QED) is 0.620. The van der Waals surface area contributed by atoms with Gasteiger partial charge in [0, 0.05) is 6.42 Å². The summed E-state index contributed by atoms with van der Waals surface area (Å²) >= 11 is 0. The van der Waals surface area contributed by atoms with Crippen LogP contribution in [0.25, 0.3) is 0 Å². The second-order valence-electron chi connectivity index (χ2n) is 3.07. The third-order valence-electron chi connectivity index (χ3n) is 1.27. The van der Waals surface area contributed by atoms with E-state index in [1.165, 1.54) is 0 Å². The summed E-state index contributed by atoms with van der Waals surface area (Å²) in [5.74, 6) is 0. The van der Waals surface area contributed by atoms with Crippen molar-refractivity contribution in [1.29, 1.82) is 0 Å². The van der Waals surface area contributed by atoms with E-state index in [0.29, 0.717) is 6.42 Å². The van der Waals surface area contributed by atoms with Crippen molar-refractivity contribution in [3.63, 3.8) is 0 Å². The Morgan fingerprint density at radius 1 is 1.27 bits per heavy atom. The summed E-state index contributed by atoms with van der Waals surface area (Å²) in [4.78, 5) is 0. The van der Waals surface area contributed by atoms with Gasteiger partial charge in [-0.15, -0.1) is 0 Å². The van der Waals surface area contributed by atoms with Crippen LogP contribution >= 0.6 is 0 Å². The van der Waals surface area contributed by atoms with Crippen molar-refractivity contribution in [2.24, 2.45) is 0 Å². The lowest BCUT2D eigenvalue weighted by Crippen LogP contribution is -2.25. The molecule has 0 rings (SSSR count). The maximum atomic E-state index is 8.98. The van der Waals surface area contributed by atoms with Gasteiger partial charge in [0.1, 0.15) is 0 Å². The zero-order valence-corrected chi connectivity index (χ0v) is 7.45. The van der Waals surface area contributed by atoms with E-state index in [0.717, 1.165) is 0 Å². The molecule has 0 aliphatic rings. The molecule has 0 aliphatic carbocycles. The van der Waals surface area contributed by atoms with Crippen LogP contribution in [-0.4, -0.2) is 35.1 Å². The van der Waals surface area contributed by atoms with Gasteiger partial charge in [-0.05, 0) is 20.8 Å². The fourth-order valence-corrected chi connectivity index (χ4v) is 0.938. The number of hydrogen-bond acceptors (Lipinski definition) is 3. The van der Waals surface area contributed by atoms with E-state index in [1.54, 1.807) is 6.92 Å². The lowest BCUT2D eigenvalue weighted by molar-refractivity contribution is -0.0439. The number of aliphatic hydroxyl groups is 2. The summed E-state index contributed by atoms with van der Waals surface area (Å²) in [6.07, 6.45) is -0.0406. The zero-order chi connectivity index (χ0) is 8.85. The molecule has 68 valence electrons. The predicted molar refractivity (Wildman–Crippen MR) is 43.4 cm³/mol. The fraction of sp³-hybridized carbons (Fsp3) is 1.00. The van der Waals surface area contributed by atoms with Gasteiger partial charge in [-0.3, -0.25) is 0 Å². The summed E-state index contributed by atoms with van der Waals surface area (Å²) in [5, 5.41) is 17.8. The van der Waals surface area contributed by atoms with Crippen molar-refractivity contribution in [2.45, 2.75) is 45.5 Å². The zero-order valence-electron chi connectivity index (χ0n) is 7.45. The molecule has 0 aromatic rings. The van der Waals surface area contributed by atoms with Crippen LogP contribution in [0.2, 0.25) is 0 Å². The molecule has 0 radical (unpaired) electrons. The van der Waals surface area contributed by atoms with E-state index in [2.05, 4.69) is 0 Å². The molecule has 0 amide bonds. The highest BCUT2D eigenvalue weighted by molar-refractivity contribution is 4.61. The standard InChI is InChI=1S/C8H18O3/c1-6(2)11-8(5-9)4-7(3)10/h6-10H,4-5H2,1-3H3. The maximum absolute atomic E-state index is 8.98. The normalized spacial score (nSPS) is 16.9. The van der Waals surface area contributed by atoms with Gasteiger partial charge in [0.15, 0.2) is 0 Å². The second-order valence-corrected chi connectivity index (χ2v) is 3.07. The molecule has 11 heavy (non-hydrogen) atoms. The number of aliphatic hydroxyl groups excluding tert-OH is 2. The van der Waals surface area contributed by atoms with Crippen molar-refractivity contribution in [3.05, 3.63) is 0 Å². The van der Waals surface area contributed by atoms with E-state index >= 15 is 0 Å². The van der Waals surface area contributed by atoms with Gasteiger partial charge >= 0.3 is 0 Å². The first-order valence-corrected chi connectivity index (χ1v) is 4.00. The molecule has 0 aromatic heterocycles. The summed E-state index contributed by atoms with van der Waals surface area (Å²) < 4.78 is 5.30. The smallest absolute Gasteiger partial charge is 0.0833 e. The van der Waals surface area contributed by atoms with Crippen LogP contribution in [0.15, 0.2) is 0 Å². The van der Waals surface area contributed by atoms with Crippen LogP contribution in [-0.2, 0) is 4.74 Å². The molecule has 0 aliphatic heterocycles. The lowest BCUT2D eigenvalue weighted by atomic mass is 10.2. The molecular weight excluding hydrogens is 144 g/mol. The Kier molecular flexibility index (Phi) is 5.46. The average molecular weight is 162 g/mol. The molecule has 0 heterocycles. The Labute approximate surface area is 68.0 Å². The van der Waals surface area contributed by atoms with Gasteiger partial charge in [-0.2, -0.15) is 0 Å². The Morgan fingerprint density at radius 2 is 1.82 bits per heavy atom. The van der Waals surface area contributed by atoms with Crippen LogP contribution in [0, 0.1) is 0 Å². The van der Waals surface area contributed by atoms with Crippen molar-refractivity contribution >= 4 is 0 Å². The SMILES string of the molecule is CC(O)CC(CO)OC(C)C. The predicted octanol–water partition coefficient (Wildman–Crippen LogP) is 0.543. The second kappa shape index (κ2) is 5.52. The van der Waals surface area contributed by atoms with E-state index in [4.69, 9.17) is 14.9 Å².